The van der Waals surface area contributed by atoms with Crippen molar-refractivity contribution in [3.05, 3.63) is 50.7 Å². The zero-order chi connectivity index (χ0) is 17.3. The van der Waals surface area contributed by atoms with Gasteiger partial charge in [-0.1, -0.05) is 24.6 Å². The topological polar surface area (TPSA) is 71.7 Å². The molecule has 0 N–H and O–H groups in total. The standard InChI is InChI=1S/C16H21ClN4O3/c1-3-24-14-8-11(2)15(21(22)23)16-19(6-7-20(14)16)10-12-4-5-13(17)18-9-12/h4-5,9,11,14H,3,6-8,10H2,1-2H3. The first-order valence-corrected chi connectivity index (χ1v) is 8.51. The molecule has 0 saturated carbocycles. The van der Waals surface area contributed by atoms with Gasteiger partial charge in [-0.3, -0.25) is 10.1 Å². The Balaban J connectivity index is 1.92. The molecule has 0 spiro atoms. The first-order valence-electron chi connectivity index (χ1n) is 8.13. The van der Waals surface area contributed by atoms with Crippen LogP contribution in [0.3, 0.4) is 0 Å². The zero-order valence-electron chi connectivity index (χ0n) is 13.8. The highest BCUT2D eigenvalue weighted by Gasteiger charge is 2.45. The fourth-order valence-corrected chi connectivity index (χ4v) is 3.57. The molecule has 2 atom stereocenters. The molecule has 8 heteroatoms. The maximum absolute atomic E-state index is 11.6. The first kappa shape index (κ1) is 17.0. The lowest BCUT2D eigenvalue weighted by molar-refractivity contribution is -0.439. The summed E-state index contributed by atoms with van der Waals surface area (Å²) in [6.07, 6.45) is 2.25. The van der Waals surface area contributed by atoms with Crippen molar-refractivity contribution in [2.24, 2.45) is 5.92 Å². The minimum Gasteiger partial charge on any atom is -0.359 e. The van der Waals surface area contributed by atoms with Crippen LogP contribution >= 0.6 is 11.6 Å². The summed E-state index contributed by atoms with van der Waals surface area (Å²) in [6, 6.07) is 3.64. The Bertz CT molecular complexity index is 649. The van der Waals surface area contributed by atoms with Gasteiger partial charge in [0.25, 0.3) is 5.70 Å². The summed E-state index contributed by atoms with van der Waals surface area (Å²) in [4.78, 5) is 19.6. The highest BCUT2D eigenvalue weighted by atomic mass is 35.5. The number of pyridine rings is 1. The van der Waals surface area contributed by atoms with E-state index in [-0.39, 0.29) is 22.8 Å². The maximum Gasteiger partial charge on any atom is 0.289 e. The van der Waals surface area contributed by atoms with Gasteiger partial charge in [0.05, 0.1) is 10.8 Å². The molecule has 0 radical (unpaired) electrons. The Morgan fingerprint density at radius 2 is 2.25 bits per heavy atom. The second-order valence-electron chi connectivity index (χ2n) is 6.12. The van der Waals surface area contributed by atoms with Crippen LogP contribution in [0.2, 0.25) is 5.15 Å². The molecule has 24 heavy (non-hydrogen) atoms. The van der Waals surface area contributed by atoms with Crippen molar-refractivity contribution >= 4 is 11.6 Å². The Labute approximate surface area is 146 Å². The molecule has 3 heterocycles. The number of fused-ring (bicyclic) bond motifs is 1. The van der Waals surface area contributed by atoms with E-state index in [1.54, 1.807) is 12.3 Å². The minimum atomic E-state index is -0.242. The normalized spacial score (nSPS) is 23.6. The van der Waals surface area contributed by atoms with E-state index in [0.717, 1.165) is 18.7 Å². The van der Waals surface area contributed by atoms with E-state index >= 15 is 0 Å². The SMILES string of the molecule is CCOC1CC(C)C([N+](=O)[O-])=C2N(Cc3ccc(Cl)nc3)CCN21. The molecule has 7 nitrogen and oxygen atoms in total. The van der Waals surface area contributed by atoms with Crippen LogP contribution in [-0.4, -0.2) is 45.6 Å². The van der Waals surface area contributed by atoms with E-state index in [9.17, 15) is 10.1 Å². The van der Waals surface area contributed by atoms with Gasteiger partial charge in [0.2, 0.25) is 0 Å². The van der Waals surface area contributed by atoms with Gasteiger partial charge < -0.3 is 14.5 Å². The first-order chi connectivity index (χ1) is 11.5. The molecule has 0 amide bonds. The van der Waals surface area contributed by atoms with E-state index in [2.05, 4.69) is 4.98 Å². The number of allylic oxidation sites excluding steroid dienone is 1. The van der Waals surface area contributed by atoms with E-state index in [1.165, 1.54) is 0 Å². The van der Waals surface area contributed by atoms with Gasteiger partial charge in [-0.05, 0) is 18.6 Å². The summed E-state index contributed by atoms with van der Waals surface area (Å²) in [6.45, 7) is 6.46. The predicted octanol–water partition coefficient (Wildman–Crippen LogP) is 2.70. The molecule has 1 fully saturated rings. The van der Waals surface area contributed by atoms with Gasteiger partial charge in [0.1, 0.15) is 11.4 Å². The van der Waals surface area contributed by atoms with E-state index in [0.29, 0.717) is 30.5 Å². The van der Waals surface area contributed by atoms with Crippen molar-refractivity contribution in [2.75, 3.05) is 19.7 Å². The van der Waals surface area contributed by atoms with Gasteiger partial charge in [0, 0.05) is 38.9 Å². The fourth-order valence-electron chi connectivity index (χ4n) is 3.46. The molecule has 1 aromatic heterocycles. The summed E-state index contributed by atoms with van der Waals surface area (Å²) in [5, 5.41) is 12.1. The van der Waals surface area contributed by atoms with Crippen LogP contribution in [0, 0.1) is 16.0 Å². The van der Waals surface area contributed by atoms with E-state index in [1.807, 2.05) is 29.7 Å². The van der Waals surface area contributed by atoms with Gasteiger partial charge >= 0.3 is 0 Å². The number of hydrogen-bond acceptors (Lipinski definition) is 6. The van der Waals surface area contributed by atoms with Crippen molar-refractivity contribution in [3.8, 4) is 0 Å². The molecule has 0 aromatic carbocycles. The van der Waals surface area contributed by atoms with E-state index in [4.69, 9.17) is 16.3 Å². The smallest absolute Gasteiger partial charge is 0.289 e. The van der Waals surface area contributed by atoms with Crippen LogP contribution in [0.1, 0.15) is 25.8 Å². The lowest BCUT2D eigenvalue weighted by Crippen LogP contribution is -2.43. The second kappa shape index (κ2) is 6.94. The van der Waals surface area contributed by atoms with Crippen molar-refractivity contribution in [2.45, 2.75) is 33.0 Å². The predicted molar refractivity (Wildman–Crippen MR) is 89.6 cm³/mol. The van der Waals surface area contributed by atoms with Crippen molar-refractivity contribution in [3.63, 3.8) is 0 Å². The van der Waals surface area contributed by atoms with Gasteiger partial charge in [-0.25, -0.2) is 4.98 Å². The number of halogens is 1. The van der Waals surface area contributed by atoms with Crippen LogP contribution in [0.5, 0.6) is 0 Å². The maximum atomic E-state index is 11.6. The average Bonchev–Trinajstić information content (AvgIpc) is 2.93. The van der Waals surface area contributed by atoms with Crippen LogP contribution in [0.15, 0.2) is 29.8 Å². The van der Waals surface area contributed by atoms with Crippen molar-refractivity contribution in [1.29, 1.82) is 0 Å². The quantitative estimate of drug-likeness (QED) is 0.461. The van der Waals surface area contributed by atoms with Crippen LogP contribution < -0.4 is 0 Å². The largest absolute Gasteiger partial charge is 0.359 e. The van der Waals surface area contributed by atoms with Gasteiger partial charge in [0.15, 0.2) is 5.82 Å². The number of hydrogen-bond donors (Lipinski definition) is 0. The number of nitro groups is 1. The van der Waals surface area contributed by atoms with Crippen molar-refractivity contribution < 1.29 is 9.66 Å². The number of nitrogens with zero attached hydrogens (tertiary/aromatic N) is 4. The van der Waals surface area contributed by atoms with Crippen LogP contribution in [-0.2, 0) is 11.3 Å². The minimum absolute atomic E-state index is 0.1000. The molecule has 0 aliphatic carbocycles. The Hall–Kier alpha value is -1.86. The Morgan fingerprint density at radius 1 is 1.46 bits per heavy atom. The molecule has 2 aliphatic rings. The summed E-state index contributed by atoms with van der Waals surface area (Å²) in [5.74, 6) is 0.541. The summed E-state index contributed by atoms with van der Waals surface area (Å²) in [7, 11) is 0. The van der Waals surface area contributed by atoms with Crippen LogP contribution in [0.25, 0.3) is 0 Å². The Kier molecular flexibility index (Phi) is 4.91. The molecule has 130 valence electrons. The third kappa shape index (κ3) is 3.18. The Morgan fingerprint density at radius 3 is 2.88 bits per heavy atom. The van der Waals surface area contributed by atoms with Gasteiger partial charge in [-0.2, -0.15) is 0 Å². The third-order valence-electron chi connectivity index (χ3n) is 4.50. The number of ether oxygens (including phenoxy) is 1. The molecular formula is C16H21ClN4O3. The highest BCUT2D eigenvalue weighted by Crippen LogP contribution is 2.37. The monoisotopic (exact) mass is 352 g/mol. The second-order valence-corrected chi connectivity index (χ2v) is 6.50. The average molecular weight is 353 g/mol. The van der Waals surface area contributed by atoms with Crippen molar-refractivity contribution in [1.82, 2.24) is 14.8 Å². The molecule has 1 aromatic rings. The molecular weight excluding hydrogens is 332 g/mol. The van der Waals surface area contributed by atoms with Crippen LogP contribution in [0.4, 0.5) is 0 Å². The lowest BCUT2D eigenvalue weighted by Gasteiger charge is -2.36. The fraction of sp³-hybridized carbons (Fsp3) is 0.562. The molecule has 2 unspecified atom stereocenters. The molecule has 0 bridgehead atoms. The molecule has 3 rings (SSSR count). The van der Waals surface area contributed by atoms with Gasteiger partial charge in [-0.15, -0.1) is 0 Å². The summed E-state index contributed by atoms with van der Waals surface area (Å²) < 4.78 is 5.82. The lowest BCUT2D eigenvalue weighted by atomic mass is 9.98. The number of aromatic nitrogens is 1. The summed E-state index contributed by atoms with van der Waals surface area (Å²) >= 11 is 5.83. The summed E-state index contributed by atoms with van der Waals surface area (Å²) in [5.41, 5.74) is 1.26. The third-order valence-corrected chi connectivity index (χ3v) is 4.72. The molecule has 1 saturated heterocycles. The zero-order valence-corrected chi connectivity index (χ0v) is 14.6. The van der Waals surface area contributed by atoms with E-state index < -0.39 is 0 Å². The molecule has 2 aliphatic heterocycles. The highest BCUT2D eigenvalue weighted by molar-refractivity contribution is 6.29. The number of rotatable bonds is 5.